The van der Waals surface area contributed by atoms with Crippen LogP contribution in [0.5, 0.6) is 0 Å². The van der Waals surface area contributed by atoms with Crippen molar-refractivity contribution in [3.8, 4) is 0 Å². The largest absolute Gasteiger partial charge is 0.396 e. The van der Waals surface area contributed by atoms with Crippen molar-refractivity contribution in [3.63, 3.8) is 0 Å². The molecule has 6 nitrogen and oxygen atoms in total. The van der Waals surface area contributed by atoms with Crippen molar-refractivity contribution in [2.75, 3.05) is 18.5 Å². The number of amides is 2. The maximum atomic E-state index is 11.8. The number of rotatable bonds is 8. The van der Waals surface area contributed by atoms with Gasteiger partial charge in [0.2, 0.25) is 0 Å². The van der Waals surface area contributed by atoms with Crippen molar-refractivity contribution in [2.24, 2.45) is 11.8 Å². The summed E-state index contributed by atoms with van der Waals surface area (Å²) < 4.78 is 0. The van der Waals surface area contributed by atoms with Gasteiger partial charge in [0.15, 0.2) is 0 Å². The molecule has 118 valence electrons. The van der Waals surface area contributed by atoms with Crippen molar-refractivity contribution in [2.45, 2.75) is 40.0 Å². The third-order valence-electron chi connectivity index (χ3n) is 3.17. The number of carbonyl (C=O) groups is 1. The molecule has 0 saturated heterocycles. The van der Waals surface area contributed by atoms with Crippen LogP contribution in [0.2, 0.25) is 0 Å². The van der Waals surface area contributed by atoms with Gasteiger partial charge in [-0.15, -0.1) is 0 Å². The highest BCUT2D eigenvalue weighted by atomic mass is 16.3. The summed E-state index contributed by atoms with van der Waals surface area (Å²) >= 11 is 0. The van der Waals surface area contributed by atoms with Gasteiger partial charge in [0, 0.05) is 19.6 Å². The zero-order valence-electron chi connectivity index (χ0n) is 13.1. The van der Waals surface area contributed by atoms with E-state index in [4.69, 9.17) is 5.11 Å². The summed E-state index contributed by atoms with van der Waals surface area (Å²) in [4.78, 5) is 20.1. The number of aliphatic hydroxyl groups excluding tert-OH is 1. The summed E-state index contributed by atoms with van der Waals surface area (Å²) in [6.07, 6.45) is 5.65. The van der Waals surface area contributed by atoms with Crippen LogP contribution in [0, 0.1) is 11.8 Å². The van der Waals surface area contributed by atoms with Crippen LogP contribution in [0.3, 0.4) is 0 Å². The second-order valence-corrected chi connectivity index (χ2v) is 5.58. The molecule has 21 heavy (non-hydrogen) atoms. The van der Waals surface area contributed by atoms with Crippen molar-refractivity contribution in [3.05, 3.63) is 18.2 Å². The monoisotopic (exact) mass is 294 g/mol. The number of nitrogens with one attached hydrogen (secondary N) is 2. The number of hydrogen-bond acceptors (Lipinski definition) is 4. The summed E-state index contributed by atoms with van der Waals surface area (Å²) in [6.45, 7) is 6.95. The highest BCUT2D eigenvalue weighted by molar-refractivity contribution is 5.88. The molecule has 1 heterocycles. The molecule has 1 atom stereocenters. The Hall–Kier alpha value is -1.69. The molecule has 0 aromatic carbocycles. The Labute approximate surface area is 126 Å². The van der Waals surface area contributed by atoms with Crippen LogP contribution >= 0.6 is 0 Å². The smallest absolute Gasteiger partial charge is 0.319 e. The summed E-state index contributed by atoms with van der Waals surface area (Å²) in [5, 5.41) is 14.6. The van der Waals surface area contributed by atoms with Gasteiger partial charge in [-0.2, -0.15) is 0 Å². The van der Waals surface area contributed by atoms with Crippen molar-refractivity contribution in [1.29, 1.82) is 0 Å². The normalized spacial score (nSPS) is 12.2. The predicted molar refractivity (Wildman–Crippen MR) is 83.1 cm³/mol. The molecule has 1 rings (SSSR count). The van der Waals surface area contributed by atoms with E-state index in [2.05, 4.69) is 34.4 Å². The van der Waals surface area contributed by atoms with E-state index in [0.717, 1.165) is 18.7 Å². The van der Waals surface area contributed by atoms with Crippen LogP contribution in [-0.2, 0) is 6.42 Å². The number of aryl methyl sites for hydroxylation is 1. The molecule has 0 aliphatic carbocycles. The Kier molecular flexibility index (Phi) is 7.68. The number of carbonyl (C=O) groups excluding carboxylic acids is 1. The zero-order chi connectivity index (χ0) is 15.7. The van der Waals surface area contributed by atoms with E-state index < -0.39 is 0 Å². The lowest BCUT2D eigenvalue weighted by Gasteiger charge is -2.18. The highest BCUT2D eigenvalue weighted by Gasteiger charge is 2.12. The average molecular weight is 294 g/mol. The summed E-state index contributed by atoms with van der Waals surface area (Å²) in [5.74, 6) is 1.58. The van der Waals surface area contributed by atoms with Gasteiger partial charge < -0.3 is 15.7 Å². The molecule has 0 spiro atoms. The zero-order valence-corrected chi connectivity index (χ0v) is 13.1. The number of aliphatic hydroxyl groups is 1. The van der Waals surface area contributed by atoms with Crippen molar-refractivity contribution >= 4 is 11.7 Å². The van der Waals surface area contributed by atoms with Gasteiger partial charge in [0.1, 0.15) is 5.82 Å². The SMILES string of the molecule is CCc1ncc(NC(=O)NCC(CCO)CC(C)C)cn1. The minimum Gasteiger partial charge on any atom is -0.396 e. The Bertz CT molecular complexity index is 420. The third-order valence-corrected chi connectivity index (χ3v) is 3.17. The number of urea groups is 1. The van der Waals surface area contributed by atoms with Crippen LogP contribution in [0.1, 0.15) is 39.4 Å². The lowest BCUT2D eigenvalue weighted by atomic mass is 9.94. The molecule has 0 radical (unpaired) electrons. The molecular formula is C15H26N4O2. The van der Waals surface area contributed by atoms with Crippen LogP contribution < -0.4 is 10.6 Å². The first kappa shape index (κ1) is 17.4. The number of hydrogen-bond donors (Lipinski definition) is 3. The van der Waals surface area contributed by atoms with E-state index in [9.17, 15) is 4.79 Å². The van der Waals surface area contributed by atoms with E-state index in [0.29, 0.717) is 30.5 Å². The number of anilines is 1. The molecule has 0 aliphatic rings. The maximum absolute atomic E-state index is 11.8. The summed E-state index contributed by atoms with van der Waals surface area (Å²) in [6, 6.07) is -0.269. The fourth-order valence-electron chi connectivity index (χ4n) is 2.17. The number of nitrogens with zero attached hydrogens (tertiary/aromatic N) is 2. The quantitative estimate of drug-likeness (QED) is 0.686. The molecular weight excluding hydrogens is 268 g/mol. The molecule has 1 aromatic rings. The summed E-state index contributed by atoms with van der Waals surface area (Å²) in [5.41, 5.74) is 0.576. The molecule has 0 fully saturated rings. The van der Waals surface area contributed by atoms with Crippen LogP contribution in [0.4, 0.5) is 10.5 Å². The van der Waals surface area contributed by atoms with Gasteiger partial charge in [0.05, 0.1) is 18.1 Å². The van der Waals surface area contributed by atoms with Gasteiger partial charge in [-0.25, -0.2) is 14.8 Å². The minimum atomic E-state index is -0.269. The minimum absolute atomic E-state index is 0.146. The fraction of sp³-hybridized carbons (Fsp3) is 0.667. The summed E-state index contributed by atoms with van der Waals surface area (Å²) in [7, 11) is 0. The third kappa shape index (κ3) is 7.04. The lowest BCUT2D eigenvalue weighted by molar-refractivity contribution is 0.231. The van der Waals surface area contributed by atoms with E-state index in [1.807, 2.05) is 6.92 Å². The Morgan fingerprint density at radius 3 is 2.52 bits per heavy atom. The highest BCUT2D eigenvalue weighted by Crippen LogP contribution is 2.14. The molecule has 2 amide bonds. The molecule has 6 heteroatoms. The van der Waals surface area contributed by atoms with Crippen LogP contribution in [0.25, 0.3) is 0 Å². The Balaban J connectivity index is 2.40. The van der Waals surface area contributed by atoms with Gasteiger partial charge in [-0.1, -0.05) is 20.8 Å². The van der Waals surface area contributed by atoms with Gasteiger partial charge in [0.25, 0.3) is 0 Å². The van der Waals surface area contributed by atoms with E-state index in [-0.39, 0.29) is 12.6 Å². The van der Waals surface area contributed by atoms with Crippen molar-refractivity contribution in [1.82, 2.24) is 15.3 Å². The first-order chi connectivity index (χ1) is 10.0. The molecule has 1 aromatic heterocycles. The maximum Gasteiger partial charge on any atom is 0.319 e. The number of aromatic nitrogens is 2. The first-order valence-electron chi connectivity index (χ1n) is 7.51. The Morgan fingerprint density at radius 2 is 2.00 bits per heavy atom. The standard InChI is InChI=1S/C15H26N4O2/c1-4-14-16-9-13(10-17-14)19-15(21)18-8-12(5-6-20)7-11(2)3/h9-12,20H,4-8H2,1-3H3,(H2,18,19,21). The second kappa shape index (κ2) is 9.28. The molecule has 0 aliphatic heterocycles. The molecule has 1 unspecified atom stereocenters. The second-order valence-electron chi connectivity index (χ2n) is 5.58. The fourth-order valence-corrected chi connectivity index (χ4v) is 2.17. The molecule has 0 saturated carbocycles. The van der Waals surface area contributed by atoms with Gasteiger partial charge in [-0.05, 0) is 24.7 Å². The molecule has 0 bridgehead atoms. The van der Waals surface area contributed by atoms with Gasteiger partial charge >= 0.3 is 6.03 Å². The Morgan fingerprint density at radius 1 is 1.33 bits per heavy atom. The van der Waals surface area contributed by atoms with E-state index in [1.165, 1.54) is 0 Å². The van der Waals surface area contributed by atoms with Crippen LogP contribution in [-0.4, -0.2) is 34.3 Å². The lowest BCUT2D eigenvalue weighted by Crippen LogP contribution is -2.34. The van der Waals surface area contributed by atoms with E-state index in [1.54, 1.807) is 12.4 Å². The van der Waals surface area contributed by atoms with Gasteiger partial charge in [-0.3, -0.25) is 0 Å². The molecule has 3 N–H and O–H groups in total. The average Bonchev–Trinajstić information content (AvgIpc) is 2.45. The van der Waals surface area contributed by atoms with E-state index >= 15 is 0 Å². The predicted octanol–water partition coefficient (Wildman–Crippen LogP) is 2.21. The van der Waals surface area contributed by atoms with Crippen LogP contribution in [0.15, 0.2) is 12.4 Å². The first-order valence-corrected chi connectivity index (χ1v) is 7.51. The van der Waals surface area contributed by atoms with Crippen molar-refractivity contribution < 1.29 is 9.90 Å². The topological polar surface area (TPSA) is 87.1 Å².